The van der Waals surface area contributed by atoms with Gasteiger partial charge in [-0.15, -0.1) is 0 Å². The number of benzene rings is 2. The minimum Gasteiger partial charge on any atom is -0.345 e. The lowest BCUT2D eigenvalue weighted by molar-refractivity contribution is 0.0949. The van der Waals surface area contributed by atoms with Gasteiger partial charge in [0.15, 0.2) is 5.78 Å². The van der Waals surface area contributed by atoms with E-state index in [9.17, 15) is 9.59 Å². The molecule has 0 aliphatic carbocycles. The minimum atomic E-state index is -0.227. The Morgan fingerprint density at radius 1 is 0.931 bits per heavy atom. The van der Waals surface area contributed by atoms with Gasteiger partial charge in [0.25, 0.3) is 5.91 Å². The van der Waals surface area contributed by atoms with Crippen LogP contribution in [0.5, 0.6) is 0 Å². The normalized spacial score (nSPS) is 10.8. The lowest BCUT2D eigenvalue weighted by Gasteiger charge is -2.10. The zero-order chi connectivity index (χ0) is 20.2. The first-order valence-corrected chi connectivity index (χ1v) is 9.41. The highest BCUT2D eigenvalue weighted by atomic mass is 35.5. The van der Waals surface area contributed by atoms with E-state index in [-0.39, 0.29) is 24.8 Å². The summed E-state index contributed by atoms with van der Waals surface area (Å²) in [6.07, 6.45) is 3.13. The van der Waals surface area contributed by atoms with Crippen LogP contribution in [0.4, 0.5) is 0 Å². The van der Waals surface area contributed by atoms with E-state index in [1.165, 1.54) is 0 Å². The molecule has 0 saturated heterocycles. The van der Waals surface area contributed by atoms with Crippen LogP contribution in [0.25, 0.3) is 11.0 Å². The van der Waals surface area contributed by atoms with Gasteiger partial charge in [0.05, 0.1) is 24.1 Å². The number of para-hydroxylation sites is 2. The third-order valence-corrected chi connectivity index (χ3v) is 4.80. The zero-order valence-electron chi connectivity index (χ0n) is 15.4. The molecule has 2 heterocycles. The summed E-state index contributed by atoms with van der Waals surface area (Å²) in [5.41, 5.74) is 2.69. The Bertz CT molecular complexity index is 1170. The maximum atomic E-state index is 12.8. The third-order valence-electron chi connectivity index (χ3n) is 4.55. The number of amides is 1. The van der Waals surface area contributed by atoms with Gasteiger partial charge < -0.3 is 9.88 Å². The lowest BCUT2D eigenvalue weighted by atomic mass is 10.1. The molecule has 4 aromatic rings. The standard InChI is InChI=1S/C22H17ClN4O2/c23-17-7-5-15(6-8-17)20(28)14-27-19-4-2-1-3-18(19)26-21(27)13-25-22(29)16-9-11-24-12-10-16/h1-12H,13-14H2,(H,25,29). The molecule has 4 rings (SSSR count). The summed E-state index contributed by atoms with van der Waals surface area (Å²) < 4.78 is 1.83. The Hall–Kier alpha value is -3.51. The van der Waals surface area contributed by atoms with Crippen LogP contribution in [-0.2, 0) is 13.1 Å². The van der Waals surface area contributed by atoms with Crippen molar-refractivity contribution in [2.75, 3.05) is 0 Å². The van der Waals surface area contributed by atoms with Crippen molar-refractivity contribution in [1.82, 2.24) is 19.9 Å². The van der Waals surface area contributed by atoms with Crippen LogP contribution in [0.15, 0.2) is 73.1 Å². The Morgan fingerprint density at radius 3 is 2.41 bits per heavy atom. The molecule has 144 valence electrons. The fraction of sp³-hybridized carbons (Fsp3) is 0.0909. The molecular formula is C22H17ClN4O2. The van der Waals surface area contributed by atoms with E-state index in [1.807, 2.05) is 28.8 Å². The average Bonchev–Trinajstić information content (AvgIpc) is 3.10. The first kappa shape index (κ1) is 18.8. The van der Waals surface area contributed by atoms with Crippen LogP contribution >= 0.6 is 11.6 Å². The smallest absolute Gasteiger partial charge is 0.251 e. The van der Waals surface area contributed by atoms with Crippen molar-refractivity contribution in [1.29, 1.82) is 0 Å². The largest absolute Gasteiger partial charge is 0.345 e. The van der Waals surface area contributed by atoms with Crippen molar-refractivity contribution in [2.24, 2.45) is 0 Å². The van der Waals surface area contributed by atoms with E-state index in [4.69, 9.17) is 11.6 Å². The van der Waals surface area contributed by atoms with Gasteiger partial charge in [-0.05, 0) is 48.5 Å². The molecule has 1 amide bonds. The highest BCUT2D eigenvalue weighted by molar-refractivity contribution is 6.30. The van der Waals surface area contributed by atoms with Crippen LogP contribution in [0.3, 0.4) is 0 Å². The van der Waals surface area contributed by atoms with Crippen molar-refractivity contribution in [3.8, 4) is 0 Å². The van der Waals surface area contributed by atoms with E-state index in [1.54, 1.807) is 48.8 Å². The van der Waals surface area contributed by atoms with Gasteiger partial charge in [-0.2, -0.15) is 0 Å². The molecule has 0 aliphatic heterocycles. The van der Waals surface area contributed by atoms with E-state index in [0.717, 1.165) is 11.0 Å². The number of nitrogens with zero attached hydrogens (tertiary/aromatic N) is 3. The summed E-state index contributed by atoms with van der Waals surface area (Å²) in [7, 11) is 0. The van der Waals surface area contributed by atoms with Gasteiger partial charge in [-0.1, -0.05) is 23.7 Å². The summed E-state index contributed by atoms with van der Waals surface area (Å²) in [6.45, 7) is 0.312. The molecule has 0 saturated carbocycles. The summed E-state index contributed by atoms with van der Waals surface area (Å²) in [5, 5.41) is 3.44. The van der Waals surface area contributed by atoms with Gasteiger partial charge in [-0.25, -0.2) is 4.98 Å². The van der Waals surface area contributed by atoms with Gasteiger partial charge in [-0.3, -0.25) is 14.6 Å². The van der Waals surface area contributed by atoms with Crippen molar-refractivity contribution in [3.05, 3.63) is 95.0 Å². The van der Waals surface area contributed by atoms with Gasteiger partial charge in [0.2, 0.25) is 0 Å². The van der Waals surface area contributed by atoms with E-state index in [0.29, 0.717) is 22.0 Å². The third kappa shape index (κ3) is 4.17. The molecule has 0 spiro atoms. The number of imidazole rings is 1. The molecular weight excluding hydrogens is 388 g/mol. The van der Waals surface area contributed by atoms with Crippen molar-refractivity contribution in [3.63, 3.8) is 0 Å². The van der Waals surface area contributed by atoms with Gasteiger partial charge in [0.1, 0.15) is 5.82 Å². The molecule has 0 unspecified atom stereocenters. The van der Waals surface area contributed by atoms with Crippen LogP contribution < -0.4 is 5.32 Å². The maximum Gasteiger partial charge on any atom is 0.251 e. The summed E-state index contributed by atoms with van der Waals surface area (Å²) >= 11 is 5.91. The Morgan fingerprint density at radius 2 is 1.66 bits per heavy atom. The number of Topliss-reactive ketones (excluding diaryl/α,β-unsaturated/α-hetero) is 1. The Labute approximate surface area is 172 Å². The fourth-order valence-corrected chi connectivity index (χ4v) is 3.20. The number of hydrogen-bond donors (Lipinski definition) is 1. The number of fused-ring (bicyclic) bond motifs is 1. The van der Waals surface area contributed by atoms with E-state index >= 15 is 0 Å². The number of carbonyl (C=O) groups is 2. The fourth-order valence-electron chi connectivity index (χ4n) is 3.07. The number of pyridine rings is 1. The molecule has 0 bridgehead atoms. The number of hydrogen-bond acceptors (Lipinski definition) is 4. The number of ketones is 1. The van der Waals surface area contributed by atoms with Crippen molar-refractivity contribution >= 4 is 34.3 Å². The number of nitrogens with one attached hydrogen (secondary N) is 1. The lowest BCUT2D eigenvalue weighted by Crippen LogP contribution is -2.25. The molecule has 0 atom stereocenters. The molecule has 7 heteroatoms. The van der Waals surface area contributed by atoms with Crippen LogP contribution in [0.2, 0.25) is 5.02 Å². The second kappa shape index (κ2) is 8.24. The number of halogens is 1. The number of carbonyl (C=O) groups excluding carboxylic acids is 2. The summed E-state index contributed by atoms with van der Waals surface area (Å²) in [5.74, 6) is 0.317. The summed E-state index contributed by atoms with van der Waals surface area (Å²) in [4.78, 5) is 33.7. The monoisotopic (exact) mass is 404 g/mol. The SMILES string of the molecule is O=C(Cn1c(CNC(=O)c2ccncc2)nc2ccccc21)c1ccc(Cl)cc1. The maximum absolute atomic E-state index is 12.8. The number of aromatic nitrogens is 3. The second-order valence-corrected chi connectivity index (χ2v) is 6.89. The topological polar surface area (TPSA) is 76.9 Å². The van der Waals surface area contributed by atoms with Crippen molar-refractivity contribution < 1.29 is 9.59 Å². The van der Waals surface area contributed by atoms with E-state index < -0.39 is 0 Å². The van der Waals surface area contributed by atoms with E-state index in [2.05, 4.69) is 15.3 Å². The second-order valence-electron chi connectivity index (χ2n) is 6.45. The van der Waals surface area contributed by atoms with Crippen LogP contribution in [0.1, 0.15) is 26.5 Å². The molecule has 0 aliphatic rings. The van der Waals surface area contributed by atoms with Crippen LogP contribution in [0, 0.1) is 0 Å². The first-order valence-electron chi connectivity index (χ1n) is 9.03. The Balaban J connectivity index is 1.59. The van der Waals surface area contributed by atoms with Crippen molar-refractivity contribution in [2.45, 2.75) is 13.1 Å². The van der Waals surface area contributed by atoms with Gasteiger partial charge >= 0.3 is 0 Å². The molecule has 1 N–H and O–H groups in total. The molecule has 29 heavy (non-hydrogen) atoms. The molecule has 2 aromatic carbocycles. The molecule has 2 aromatic heterocycles. The number of rotatable bonds is 6. The molecule has 6 nitrogen and oxygen atoms in total. The van der Waals surface area contributed by atoms with Gasteiger partial charge in [0, 0.05) is 28.5 Å². The predicted octanol–water partition coefficient (Wildman–Crippen LogP) is 3.90. The first-order chi connectivity index (χ1) is 14.1. The van der Waals surface area contributed by atoms with Crippen LogP contribution in [-0.4, -0.2) is 26.2 Å². The minimum absolute atomic E-state index is 0.0634. The predicted molar refractivity (Wildman–Crippen MR) is 111 cm³/mol. The highest BCUT2D eigenvalue weighted by Gasteiger charge is 2.16. The highest BCUT2D eigenvalue weighted by Crippen LogP contribution is 2.18. The molecule has 0 radical (unpaired) electrons. The molecule has 0 fully saturated rings. The quantitative estimate of drug-likeness (QED) is 0.494. The zero-order valence-corrected chi connectivity index (χ0v) is 16.1. The average molecular weight is 405 g/mol. The summed E-state index contributed by atoms with van der Waals surface area (Å²) in [6, 6.07) is 17.6. The Kier molecular flexibility index (Phi) is 5.35.